The quantitative estimate of drug-likeness (QED) is 0.371. The zero-order chi connectivity index (χ0) is 24.2. The molecular weight excluding hydrogens is 496 g/mol. The number of nitrogens with zero attached hydrogens (tertiary/aromatic N) is 3. The molecule has 1 saturated heterocycles. The largest absolute Gasteiger partial charge is 0.508 e. The first-order chi connectivity index (χ1) is 16.2. The van der Waals surface area contributed by atoms with Crippen LogP contribution in [-0.2, 0) is 11.2 Å². The lowest BCUT2D eigenvalue weighted by atomic mass is 9.81. The number of aromatic nitrogens is 1. The number of carbonyl (C=O) groups is 2. The van der Waals surface area contributed by atoms with Gasteiger partial charge in [0, 0.05) is 47.1 Å². The highest BCUT2D eigenvalue weighted by Gasteiger charge is 2.60. The second-order valence-corrected chi connectivity index (χ2v) is 10.2. The van der Waals surface area contributed by atoms with E-state index in [4.69, 9.17) is 0 Å². The van der Waals surface area contributed by atoms with E-state index in [-0.39, 0.29) is 17.7 Å². The van der Waals surface area contributed by atoms with Crippen LogP contribution in [0.1, 0.15) is 29.8 Å². The second kappa shape index (κ2) is 8.29. The van der Waals surface area contributed by atoms with Gasteiger partial charge in [-0.05, 0) is 55.4 Å². The van der Waals surface area contributed by atoms with E-state index in [9.17, 15) is 14.7 Å². The molecule has 0 aliphatic carbocycles. The number of halogens is 1. The van der Waals surface area contributed by atoms with Crippen LogP contribution in [0.3, 0.4) is 0 Å². The first-order valence-corrected chi connectivity index (χ1v) is 12.1. The Morgan fingerprint density at radius 1 is 1.29 bits per heavy atom. The van der Waals surface area contributed by atoms with Crippen LogP contribution >= 0.6 is 15.9 Å². The van der Waals surface area contributed by atoms with Gasteiger partial charge in [0.15, 0.2) is 0 Å². The molecule has 0 saturated carbocycles. The number of aromatic amines is 1. The second-order valence-electron chi connectivity index (χ2n) is 9.32. The first kappa shape index (κ1) is 22.7. The lowest BCUT2D eigenvalue weighted by molar-refractivity contribution is -0.133. The number of phenolic OH excluding ortho intramolecular Hbond substituents is 1. The van der Waals surface area contributed by atoms with Crippen molar-refractivity contribution in [2.45, 2.75) is 24.9 Å². The number of aromatic hydroxyl groups is 1. The van der Waals surface area contributed by atoms with Gasteiger partial charge in [0.2, 0.25) is 0 Å². The molecule has 2 aromatic carbocycles. The van der Waals surface area contributed by atoms with Gasteiger partial charge in [-0.1, -0.05) is 34.1 Å². The maximum Gasteiger partial charge on any atom is 0.328 e. The Balaban J connectivity index is 1.65. The molecule has 3 heterocycles. The van der Waals surface area contributed by atoms with Crippen LogP contribution < -0.4 is 0 Å². The maximum atomic E-state index is 13.8. The summed E-state index contributed by atoms with van der Waals surface area (Å²) in [7, 11) is 1.94. The summed E-state index contributed by atoms with van der Waals surface area (Å²) in [6, 6.07) is 12.1. The molecule has 2 aliphatic rings. The standard InChI is InChI=1S/C26H27BrN4O3/c1-4-10-29(3)11-12-30-24(33)26(2)15-20-19-14-17(27)8-9-21(19)28-22(20)23(31(26)25(30)34)16-6-5-7-18(32)13-16/h4-9,13-14,23,28,32H,1,10-12,15H2,2-3H3. The van der Waals surface area contributed by atoms with E-state index in [1.807, 2.05) is 43.1 Å². The van der Waals surface area contributed by atoms with Crippen molar-refractivity contribution < 1.29 is 14.7 Å². The molecule has 2 atom stereocenters. The van der Waals surface area contributed by atoms with Crippen LogP contribution in [0.2, 0.25) is 0 Å². The fourth-order valence-electron chi connectivity index (χ4n) is 5.31. The molecule has 2 unspecified atom stereocenters. The Bertz CT molecular complexity index is 1320. The highest BCUT2D eigenvalue weighted by Crippen LogP contribution is 2.49. The van der Waals surface area contributed by atoms with Crippen LogP contribution in [0.25, 0.3) is 10.9 Å². The fourth-order valence-corrected chi connectivity index (χ4v) is 5.67. The van der Waals surface area contributed by atoms with Crippen molar-refractivity contribution in [3.63, 3.8) is 0 Å². The SMILES string of the molecule is C=CCN(C)CCN1C(=O)N2C(c3cccc(O)c3)c3[nH]c4ccc(Br)cc4c3CC2(C)C1=O. The minimum atomic E-state index is -1.03. The van der Waals surface area contributed by atoms with E-state index < -0.39 is 11.6 Å². The van der Waals surface area contributed by atoms with E-state index in [0.29, 0.717) is 26.1 Å². The number of fused-ring (bicyclic) bond motifs is 4. The number of urea groups is 1. The molecule has 1 fully saturated rings. The summed E-state index contributed by atoms with van der Waals surface area (Å²) in [4.78, 5) is 36.2. The van der Waals surface area contributed by atoms with Crippen LogP contribution in [0.5, 0.6) is 5.75 Å². The van der Waals surface area contributed by atoms with Gasteiger partial charge in [0.25, 0.3) is 5.91 Å². The highest BCUT2D eigenvalue weighted by atomic mass is 79.9. The van der Waals surface area contributed by atoms with Crippen LogP contribution in [0.15, 0.2) is 59.6 Å². The topological polar surface area (TPSA) is 79.9 Å². The summed E-state index contributed by atoms with van der Waals surface area (Å²) in [5.74, 6) is -0.0734. The highest BCUT2D eigenvalue weighted by molar-refractivity contribution is 9.10. The Labute approximate surface area is 206 Å². The number of likely N-dealkylation sites (N-methyl/N-ethyl adjacent to an activating group) is 1. The molecule has 5 rings (SSSR count). The predicted octanol–water partition coefficient (Wildman–Crippen LogP) is 4.42. The number of rotatable bonds is 6. The summed E-state index contributed by atoms with van der Waals surface area (Å²) < 4.78 is 0.948. The van der Waals surface area contributed by atoms with Crippen molar-refractivity contribution in [3.05, 3.63) is 76.4 Å². The van der Waals surface area contributed by atoms with Gasteiger partial charge in [-0.25, -0.2) is 4.79 Å². The molecule has 0 radical (unpaired) electrons. The third kappa shape index (κ3) is 3.44. The fraction of sp³-hybridized carbons (Fsp3) is 0.308. The number of benzene rings is 2. The van der Waals surface area contributed by atoms with Gasteiger partial charge in [-0.2, -0.15) is 0 Å². The van der Waals surface area contributed by atoms with Crippen LogP contribution in [0, 0.1) is 0 Å². The van der Waals surface area contributed by atoms with Crippen molar-refractivity contribution >= 4 is 38.8 Å². The molecule has 2 aliphatic heterocycles. The van der Waals surface area contributed by atoms with Crippen molar-refractivity contribution in [2.75, 3.05) is 26.7 Å². The number of nitrogens with one attached hydrogen (secondary N) is 1. The van der Waals surface area contributed by atoms with Crippen molar-refractivity contribution in [1.82, 2.24) is 19.7 Å². The molecule has 176 valence electrons. The third-order valence-corrected chi connectivity index (χ3v) is 7.45. The van der Waals surface area contributed by atoms with E-state index in [2.05, 4.69) is 27.5 Å². The molecule has 0 bridgehead atoms. The molecule has 0 spiro atoms. The first-order valence-electron chi connectivity index (χ1n) is 11.3. The predicted molar refractivity (Wildman–Crippen MR) is 135 cm³/mol. The summed E-state index contributed by atoms with van der Waals surface area (Å²) in [5.41, 5.74) is 2.57. The smallest absolute Gasteiger partial charge is 0.328 e. The molecule has 1 aromatic heterocycles. The number of phenols is 1. The Kier molecular flexibility index (Phi) is 5.53. The molecular formula is C26H27BrN4O3. The number of imide groups is 1. The van der Waals surface area contributed by atoms with Gasteiger partial charge >= 0.3 is 6.03 Å². The summed E-state index contributed by atoms with van der Waals surface area (Å²) in [5, 5.41) is 11.3. The Morgan fingerprint density at radius 2 is 2.09 bits per heavy atom. The van der Waals surface area contributed by atoms with Crippen molar-refractivity contribution in [3.8, 4) is 5.75 Å². The lowest BCUT2D eigenvalue weighted by Gasteiger charge is -2.42. The van der Waals surface area contributed by atoms with Gasteiger partial charge < -0.3 is 15.0 Å². The monoisotopic (exact) mass is 522 g/mol. The Morgan fingerprint density at radius 3 is 2.82 bits per heavy atom. The zero-order valence-electron chi connectivity index (χ0n) is 19.2. The average Bonchev–Trinajstić information content (AvgIpc) is 3.23. The average molecular weight is 523 g/mol. The molecule has 3 amide bonds. The summed E-state index contributed by atoms with van der Waals surface area (Å²) in [6.07, 6.45) is 2.21. The summed E-state index contributed by atoms with van der Waals surface area (Å²) >= 11 is 3.56. The number of H-pyrrole nitrogens is 1. The zero-order valence-corrected chi connectivity index (χ0v) is 20.8. The lowest BCUT2D eigenvalue weighted by Crippen LogP contribution is -2.53. The Hall–Kier alpha value is -3.10. The van der Waals surface area contributed by atoms with Gasteiger partial charge in [-0.3, -0.25) is 14.6 Å². The summed E-state index contributed by atoms with van der Waals surface area (Å²) in [6.45, 7) is 7.15. The van der Waals surface area contributed by atoms with Crippen LogP contribution in [-0.4, -0.2) is 68.9 Å². The van der Waals surface area contributed by atoms with Crippen LogP contribution in [0.4, 0.5) is 4.79 Å². The normalized spacial score (nSPS) is 21.9. The minimum Gasteiger partial charge on any atom is -0.508 e. The van der Waals surface area contributed by atoms with Gasteiger partial charge in [0.05, 0.1) is 0 Å². The van der Waals surface area contributed by atoms with E-state index in [1.165, 1.54) is 4.90 Å². The molecule has 34 heavy (non-hydrogen) atoms. The van der Waals surface area contributed by atoms with E-state index in [0.717, 1.165) is 32.2 Å². The maximum absolute atomic E-state index is 13.8. The number of carbonyl (C=O) groups excluding carboxylic acids is 2. The molecule has 7 nitrogen and oxygen atoms in total. The number of hydrogen-bond acceptors (Lipinski definition) is 4. The third-order valence-electron chi connectivity index (χ3n) is 6.96. The molecule has 8 heteroatoms. The number of amides is 3. The van der Waals surface area contributed by atoms with Gasteiger partial charge in [-0.15, -0.1) is 6.58 Å². The number of hydrogen-bond donors (Lipinski definition) is 2. The molecule has 3 aromatic rings. The van der Waals surface area contributed by atoms with Crippen molar-refractivity contribution in [2.24, 2.45) is 0 Å². The minimum absolute atomic E-state index is 0.117. The van der Waals surface area contributed by atoms with Crippen molar-refractivity contribution in [1.29, 1.82) is 0 Å². The van der Waals surface area contributed by atoms with Gasteiger partial charge in [0.1, 0.15) is 17.3 Å². The van der Waals surface area contributed by atoms with E-state index >= 15 is 0 Å². The van der Waals surface area contributed by atoms with E-state index in [1.54, 1.807) is 29.2 Å². The molecule has 2 N–H and O–H groups in total.